The second-order valence-electron chi connectivity index (χ2n) is 3.88. The van der Waals surface area contributed by atoms with E-state index in [1.807, 2.05) is 6.92 Å². The monoisotopic (exact) mass is 230 g/mol. The molecule has 0 saturated carbocycles. The summed E-state index contributed by atoms with van der Waals surface area (Å²) in [4.78, 5) is 21.8. The highest BCUT2D eigenvalue weighted by Gasteiger charge is 2.18. The lowest BCUT2D eigenvalue weighted by atomic mass is 9.96. The van der Waals surface area contributed by atoms with Crippen LogP contribution in [0.3, 0.4) is 0 Å². The van der Waals surface area contributed by atoms with Gasteiger partial charge in [0.15, 0.2) is 0 Å². The average molecular weight is 230 g/mol. The van der Waals surface area contributed by atoms with Gasteiger partial charge in [-0.3, -0.25) is 9.59 Å². The highest BCUT2D eigenvalue weighted by atomic mass is 16.5. The molecule has 0 aliphatic heterocycles. The molecular formula is C12H22O4. The van der Waals surface area contributed by atoms with E-state index in [0.29, 0.717) is 13.0 Å². The third kappa shape index (κ3) is 7.26. The van der Waals surface area contributed by atoms with Gasteiger partial charge in [-0.2, -0.15) is 0 Å². The van der Waals surface area contributed by atoms with Crippen LogP contribution in [0, 0.1) is 5.92 Å². The van der Waals surface area contributed by atoms with Gasteiger partial charge >= 0.3 is 11.9 Å². The smallest absolute Gasteiger partial charge is 0.308 e. The van der Waals surface area contributed by atoms with Crippen molar-refractivity contribution in [2.24, 2.45) is 5.92 Å². The van der Waals surface area contributed by atoms with Crippen LogP contribution in [-0.2, 0) is 14.3 Å². The largest absolute Gasteiger partial charge is 0.481 e. The fraction of sp³-hybridized carbons (Fsp3) is 0.833. The van der Waals surface area contributed by atoms with Crippen molar-refractivity contribution in [1.82, 2.24) is 0 Å². The number of carbonyl (C=O) groups excluding carboxylic acids is 1. The van der Waals surface area contributed by atoms with Gasteiger partial charge in [0.2, 0.25) is 0 Å². The average Bonchev–Trinajstić information content (AvgIpc) is 2.22. The van der Waals surface area contributed by atoms with Crippen LogP contribution in [0.15, 0.2) is 0 Å². The predicted molar refractivity (Wildman–Crippen MR) is 61.1 cm³/mol. The number of unbranched alkanes of at least 4 members (excludes halogenated alkanes) is 1. The predicted octanol–water partition coefficient (Wildman–Crippen LogP) is 2.61. The van der Waals surface area contributed by atoms with E-state index in [4.69, 9.17) is 9.84 Å². The maximum atomic E-state index is 11.5. The Bertz CT molecular complexity index is 213. The van der Waals surface area contributed by atoms with Gasteiger partial charge in [-0.25, -0.2) is 0 Å². The van der Waals surface area contributed by atoms with Crippen LogP contribution < -0.4 is 0 Å². The van der Waals surface area contributed by atoms with E-state index in [0.717, 1.165) is 25.7 Å². The molecule has 1 atom stereocenters. The molecule has 0 spiro atoms. The molecule has 0 bridgehead atoms. The number of aliphatic carboxylic acids is 1. The normalized spacial score (nSPS) is 12.1. The summed E-state index contributed by atoms with van der Waals surface area (Å²) in [5.41, 5.74) is 0. The summed E-state index contributed by atoms with van der Waals surface area (Å²) in [6.07, 6.45) is 4.10. The van der Waals surface area contributed by atoms with E-state index in [-0.39, 0.29) is 18.3 Å². The lowest BCUT2D eigenvalue weighted by Crippen LogP contribution is -2.17. The minimum atomic E-state index is -0.775. The number of hydrogen-bond donors (Lipinski definition) is 1. The molecule has 0 amide bonds. The molecule has 0 aliphatic carbocycles. The highest BCUT2D eigenvalue weighted by Crippen LogP contribution is 2.17. The van der Waals surface area contributed by atoms with Crippen LogP contribution in [0.5, 0.6) is 0 Å². The Morgan fingerprint density at radius 2 is 1.88 bits per heavy atom. The summed E-state index contributed by atoms with van der Waals surface area (Å²) in [5.74, 6) is -0.971. The zero-order valence-corrected chi connectivity index (χ0v) is 10.2. The molecule has 4 nitrogen and oxygen atoms in total. The van der Waals surface area contributed by atoms with Crippen LogP contribution in [0.4, 0.5) is 0 Å². The van der Waals surface area contributed by atoms with Gasteiger partial charge in [0.25, 0.3) is 0 Å². The van der Waals surface area contributed by atoms with E-state index in [1.54, 1.807) is 6.92 Å². The zero-order valence-electron chi connectivity index (χ0n) is 10.2. The molecule has 0 heterocycles. The Morgan fingerprint density at radius 1 is 1.19 bits per heavy atom. The molecule has 0 aromatic rings. The minimum Gasteiger partial charge on any atom is -0.481 e. The summed E-state index contributed by atoms with van der Waals surface area (Å²) < 4.78 is 4.98. The SMILES string of the molecule is CCCC(CCCCC(=O)O)C(=O)OCC. The second-order valence-corrected chi connectivity index (χ2v) is 3.88. The Labute approximate surface area is 97.0 Å². The first-order valence-corrected chi connectivity index (χ1v) is 6.00. The van der Waals surface area contributed by atoms with Gasteiger partial charge < -0.3 is 9.84 Å². The summed E-state index contributed by atoms with van der Waals surface area (Å²) in [5, 5.41) is 8.48. The summed E-state index contributed by atoms with van der Waals surface area (Å²) >= 11 is 0. The van der Waals surface area contributed by atoms with E-state index >= 15 is 0 Å². The highest BCUT2D eigenvalue weighted by molar-refractivity contribution is 5.72. The van der Waals surface area contributed by atoms with Gasteiger partial charge in [-0.05, 0) is 26.2 Å². The van der Waals surface area contributed by atoms with E-state index < -0.39 is 5.97 Å². The first-order chi connectivity index (χ1) is 7.61. The lowest BCUT2D eigenvalue weighted by molar-refractivity contribution is -0.148. The first kappa shape index (κ1) is 14.9. The molecule has 0 radical (unpaired) electrons. The van der Waals surface area contributed by atoms with Gasteiger partial charge in [0.05, 0.1) is 12.5 Å². The fourth-order valence-corrected chi connectivity index (χ4v) is 1.66. The molecule has 4 heteroatoms. The quantitative estimate of drug-likeness (QED) is 0.488. The lowest BCUT2D eigenvalue weighted by Gasteiger charge is -2.14. The Balaban J connectivity index is 3.84. The number of esters is 1. The van der Waals surface area contributed by atoms with Crippen molar-refractivity contribution < 1.29 is 19.4 Å². The first-order valence-electron chi connectivity index (χ1n) is 6.00. The Morgan fingerprint density at radius 3 is 2.38 bits per heavy atom. The fourth-order valence-electron chi connectivity index (χ4n) is 1.66. The molecule has 0 rings (SSSR count). The second kappa shape index (κ2) is 9.19. The number of carboxylic acid groups (broad SMARTS) is 1. The Kier molecular flexibility index (Phi) is 8.58. The van der Waals surface area contributed by atoms with Crippen molar-refractivity contribution >= 4 is 11.9 Å². The van der Waals surface area contributed by atoms with Gasteiger partial charge in [0.1, 0.15) is 0 Å². The minimum absolute atomic E-state index is 0.0567. The van der Waals surface area contributed by atoms with E-state index in [1.165, 1.54) is 0 Å². The van der Waals surface area contributed by atoms with Crippen molar-refractivity contribution in [3.63, 3.8) is 0 Å². The van der Waals surface area contributed by atoms with Crippen LogP contribution in [-0.4, -0.2) is 23.7 Å². The topological polar surface area (TPSA) is 63.6 Å². The van der Waals surface area contributed by atoms with E-state index in [9.17, 15) is 9.59 Å². The van der Waals surface area contributed by atoms with Crippen molar-refractivity contribution in [1.29, 1.82) is 0 Å². The standard InChI is InChI=1S/C12H22O4/c1-3-7-10(12(15)16-4-2)8-5-6-9-11(13)14/h10H,3-9H2,1-2H3,(H,13,14). The molecular weight excluding hydrogens is 208 g/mol. The van der Waals surface area contributed by atoms with Crippen LogP contribution >= 0.6 is 0 Å². The van der Waals surface area contributed by atoms with Gasteiger partial charge in [0, 0.05) is 6.42 Å². The van der Waals surface area contributed by atoms with Gasteiger partial charge in [-0.15, -0.1) is 0 Å². The summed E-state index contributed by atoms with van der Waals surface area (Å²) in [6.45, 7) is 4.24. The molecule has 0 fully saturated rings. The molecule has 1 unspecified atom stereocenters. The van der Waals surface area contributed by atoms with Crippen LogP contribution in [0.25, 0.3) is 0 Å². The Hall–Kier alpha value is -1.06. The molecule has 94 valence electrons. The molecule has 16 heavy (non-hydrogen) atoms. The number of hydrogen-bond acceptors (Lipinski definition) is 3. The van der Waals surface area contributed by atoms with Crippen LogP contribution in [0.1, 0.15) is 52.4 Å². The summed E-state index contributed by atoms with van der Waals surface area (Å²) in [7, 11) is 0. The molecule has 0 aromatic carbocycles. The van der Waals surface area contributed by atoms with Crippen molar-refractivity contribution in [2.75, 3.05) is 6.61 Å². The molecule has 1 N–H and O–H groups in total. The third-order valence-corrected chi connectivity index (χ3v) is 2.45. The summed E-state index contributed by atoms with van der Waals surface area (Å²) in [6, 6.07) is 0. The van der Waals surface area contributed by atoms with E-state index in [2.05, 4.69) is 0 Å². The molecule has 0 aliphatic rings. The zero-order chi connectivity index (χ0) is 12.4. The molecule has 0 saturated heterocycles. The maximum absolute atomic E-state index is 11.5. The number of carbonyl (C=O) groups is 2. The third-order valence-electron chi connectivity index (χ3n) is 2.45. The number of ether oxygens (including phenoxy) is 1. The van der Waals surface area contributed by atoms with Crippen LogP contribution in [0.2, 0.25) is 0 Å². The number of rotatable bonds is 9. The van der Waals surface area contributed by atoms with Crippen molar-refractivity contribution in [2.45, 2.75) is 52.4 Å². The molecule has 0 aromatic heterocycles. The van der Waals surface area contributed by atoms with Gasteiger partial charge in [-0.1, -0.05) is 19.8 Å². The number of carboxylic acids is 1. The van der Waals surface area contributed by atoms with Crippen molar-refractivity contribution in [3.8, 4) is 0 Å². The van der Waals surface area contributed by atoms with Crippen molar-refractivity contribution in [3.05, 3.63) is 0 Å². The maximum Gasteiger partial charge on any atom is 0.308 e.